The Kier molecular flexibility index (Phi) is 4.49. The van der Waals surface area contributed by atoms with E-state index >= 15 is 0 Å². The van der Waals surface area contributed by atoms with E-state index in [4.69, 9.17) is 14.4 Å². The van der Waals surface area contributed by atoms with Gasteiger partial charge in [-0.3, -0.25) is 0 Å². The Morgan fingerprint density at radius 1 is 1.21 bits per heavy atom. The third-order valence-electron chi connectivity index (χ3n) is 4.17. The molecule has 0 bridgehead atoms. The maximum atomic E-state index is 11.7. The summed E-state index contributed by atoms with van der Waals surface area (Å²) in [5.74, 6) is 0. The fourth-order valence-corrected chi connectivity index (χ4v) is 2.93. The molecular formula is C18H24N2O4. The predicted octanol–water partition coefficient (Wildman–Crippen LogP) is 3.51. The average Bonchev–Trinajstić information content (AvgIpc) is 2.93. The lowest BCUT2D eigenvalue weighted by Crippen LogP contribution is -2.45. The number of nitrogens with zero attached hydrogens (tertiary/aromatic N) is 2. The van der Waals surface area contributed by atoms with Crippen LogP contribution in [0.2, 0.25) is 0 Å². The van der Waals surface area contributed by atoms with E-state index in [0.717, 1.165) is 30.5 Å². The van der Waals surface area contributed by atoms with Crippen molar-refractivity contribution in [3.05, 3.63) is 35.9 Å². The lowest BCUT2D eigenvalue weighted by molar-refractivity contribution is -0.180. The molecule has 0 radical (unpaired) electrons. The molecule has 1 aromatic carbocycles. The first-order valence-corrected chi connectivity index (χ1v) is 8.32. The third kappa shape index (κ3) is 4.06. The van der Waals surface area contributed by atoms with Gasteiger partial charge in [-0.1, -0.05) is 35.5 Å². The highest BCUT2D eigenvalue weighted by Gasteiger charge is 2.43. The van der Waals surface area contributed by atoms with E-state index in [9.17, 15) is 4.79 Å². The summed E-state index contributed by atoms with van der Waals surface area (Å²) in [7, 11) is 0. The summed E-state index contributed by atoms with van der Waals surface area (Å²) in [4.78, 5) is 22.8. The molecule has 0 saturated carbocycles. The molecule has 6 heteroatoms. The lowest BCUT2D eigenvalue weighted by Gasteiger charge is -2.35. The van der Waals surface area contributed by atoms with Crippen molar-refractivity contribution in [1.29, 1.82) is 0 Å². The van der Waals surface area contributed by atoms with E-state index in [1.165, 1.54) is 0 Å². The van der Waals surface area contributed by atoms with Crippen LogP contribution in [0.5, 0.6) is 0 Å². The summed E-state index contributed by atoms with van der Waals surface area (Å²) in [5, 5.41) is 5.93. The van der Waals surface area contributed by atoms with Crippen LogP contribution in [0.1, 0.15) is 45.6 Å². The highest BCUT2D eigenvalue weighted by atomic mass is 16.8. The number of benzene rings is 1. The van der Waals surface area contributed by atoms with Crippen LogP contribution in [-0.2, 0) is 14.4 Å². The van der Waals surface area contributed by atoms with Gasteiger partial charge in [0.25, 0.3) is 0 Å². The van der Waals surface area contributed by atoms with E-state index in [2.05, 4.69) is 5.16 Å². The number of carbonyl (C=O) groups is 1. The molecule has 0 unspecified atom stereocenters. The molecule has 24 heavy (non-hydrogen) atoms. The minimum absolute atomic E-state index is 0.279. The minimum atomic E-state index is -0.660. The molecule has 2 aliphatic heterocycles. The lowest BCUT2D eigenvalue weighted by atomic mass is 9.86. The number of rotatable bonds is 2. The Balaban J connectivity index is 1.50. The number of hydroxylamine groups is 2. The Bertz CT molecular complexity index is 614. The van der Waals surface area contributed by atoms with Gasteiger partial charge < -0.3 is 14.4 Å². The van der Waals surface area contributed by atoms with Crippen LogP contribution in [0.25, 0.3) is 0 Å². The number of ether oxygens (including phenoxy) is 1. The molecule has 1 fully saturated rings. The van der Waals surface area contributed by atoms with Gasteiger partial charge in [0.05, 0.1) is 5.71 Å². The first-order chi connectivity index (χ1) is 11.4. The van der Waals surface area contributed by atoms with Gasteiger partial charge in [0, 0.05) is 32.4 Å². The molecule has 1 spiro atoms. The first-order valence-electron chi connectivity index (χ1n) is 8.32. The SMILES string of the molecule is CC(C)(C)OC(=O)ON1CCC2(CC1)CC(c1ccccc1)=NO2. The Hall–Kier alpha value is -2.08. The minimum Gasteiger partial charge on any atom is -0.427 e. The second kappa shape index (κ2) is 6.43. The number of hydrogen-bond acceptors (Lipinski definition) is 6. The van der Waals surface area contributed by atoms with Crippen LogP contribution >= 0.6 is 0 Å². The van der Waals surface area contributed by atoms with Gasteiger partial charge in [0.2, 0.25) is 0 Å². The molecule has 0 amide bonds. The van der Waals surface area contributed by atoms with E-state index < -0.39 is 11.8 Å². The quantitative estimate of drug-likeness (QED) is 0.776. The maximum Gasteiger partial charge on any atom is 0.528 e. The zero-order valence-electron chi connectivity index (χ0n) is 14.4. The standard InChI is InChI=1S/C18H24N2O4/c1-17(2,3)22-16(21)23-20-11-9-18(10-12-20)13-15(19-24-18)14-7-5-4-6-8-14/h4-8H,9-13H2,1-3H3. The Labute approximate surface area is 142 Å². The predicted molar refractivity (Wildman–Crippen MR) is 89.5 cm³/mol. The number of hydrogen-bond donors (Lipinski definition) is 0. The summed E-state index contributed by atoms with van der Waals surface area (Å²) >= 11 is 0. The molecule has 0 aromatic heterocycles. The summed E-state index contributed by atoms with van der Waals surface area (Å²) in [6, 6.07) is 10.1. The molecule has 1 aromatic rings. The van der Waals surface area contributed by atoms with Gasteiger partial charge in [0.1, 0.15) is 11.2 Å². The van der Waals surface area contributed by atoms with Gasteiger partial charge in [-0.25, -0.2) is 4.79 Å². The molecule has 2 aliphatic rings. The molecule has 0 atom stereocenters. The van der Waals surface area contributed by atoms with Crippen molar-refractivity contribution >= 4 is 11.9 Å². The van der Waals surface area contributed by atoms with Gasteiger partial charge in [-0.05, 0) is 26.3 Å². The topological polar surface area (TPSA) is 60.4 Å². The summed E-state index contributed by atoms with van der Waals surface area (Å²) in [6.45, 7) is 6.66. The molecule has 0 aliphatic carbocycles. The van der Waals surface area contributed by atoms with Crippen molar-refractivity contribution in [2.24, 2.45) is 5.16 Å². The van der Waals surface area contributed by atoms with Crippen LogP contribution in [0.4, 0.5) is 4.79 Å². The zero-order chi connectivity index (χ0) is 17.2. The Morgan fingerprint density at radius 2 is 1.88 bits per heavy atom. The summed E-state index contributed by atoms with van der Waals surface area (Å²) < 4.78 is 5.18. The monoisotopic (exact) mass is 332 g/mol. The molecule has 3 rings (SSSR count). The molecule has 0 N–H and O–H groups in total. The summed E-state index contributed by atoms with van der Waals surface area (Å²) in [5.41, 5.74) is 1.25. The molecule has 1 saturated heterocycles. The molecule has 130 valence electrons. The second-order valence-corrected chi connectivity index (χ2v) is 7.34. The van der Waals surface area contributed by atoms with E-state index in [0.29, 0.717) is 13.1 Å². The van der Waals surface area contributed by atoms with E-state index in [-0.39, 0.29) is 5.60 Å². The fourth-order valence-electron chi connectivity index (χ4n) is 2.93. The smallest absolute Gasteiger partial charge is 0.427 e. The van der Waals surface area contributed by atoms with E-state index in [1.807, 2.05) is 51.1 Å². The van der Waals surface area contributed by atoms with Gasteiger partial charge in [0.15, 0.2) is 0 Å². The first kappa shape index (κ1) is 16.8. The van der Waals surface area contributed by atoms with Crippen LogP contribution in [0.15, 0.2) is 35.5 Å². The number of oxime groups is 1. The van der Waals surface area contributed by atoms with Crippen molar-refractivity contribution in [1.82, 2.24) is 5.06 Å². The van der Waals surface area contributed by atoms with Crippen molar-refractivity contribution in [2.75, 3.05) is 13.1 Å². The fraction of sp³-hybridized carbons (Fsp3) is 0.556. The van der Waals surface area contributed by atoms with Gasteiger partial charge in [-0.15, -0.1) is 5.06 Å². The van der Waals surface area contributed by atoms with Crippen LogP contribution < -0.4 is 0 Å². The largest absolute Gasteiger partial charge is 0.528 e. The number of carbonyl (C=O) groups excluding carboxylic acids is 1. The number of piperidine rings is 1. The molecular weight excluding hydrogens is 308 g/mol. The van der Waals surface area contributed by atoms with Crippen LogP contribution in [0, 0.1) is 0 Å². The van der Waals surface area contributed by atoms with Crippen molar-refractivity contribution in [3.63, 3.8) is 0 Å². The van der Waals surface area contributed by atoms with Crippen LogP contribution in [0.3, 0.4) is 0 Å². The summed E-state index contributed by atoms with van der Waals surface area (Å²) in [6.07, 6.45) is 1.65. The Morgan fingerprint density at radius 3 is 2.50 bits per heavy atom. The van der Waals surface area contributed by atoms with Gasteiger partial charge >= 0.3 is 6.16 Å². The van der Waals surface area contributed by atoms with Crippen LogP contribution in [-0.4, -0.2) is 41.2 Å². The molecule has 2 heterocycles. The van der Waals surface area contributed by atoms with E-state index in [1.54, 1.807) is 5.06 Å². The highest BCUT2D eigenvalue weighted by molar-refractivity contribution is 6.01. The van der Waals surface area contributed by atoms with Crippen molar-refractivity contribution in [3.8, 4) is 0 Å². The maximum absolute atomic E-state index is 11.7. The molecule has 6 nitrogen and oxygen atoms in total. The third-order valence-corrected chi connectivity index (χ3v) is 4.17. The highest BCUT2D eigenvalue weighted by Crippen LogP contribution is 2.36. The average molecular weight is 332 g/mol. The van der Waals surface area contributed by atoms with Gasteiger partial charge in [-0.2, -0.15) is 0 Å². The zero-order valence-corrected chi connectivity index (χ0v) is 14.4. The second-order valence-electron chi connectivity index (χ2n) is 7.34. The van der Waals surface area contributed by atoms with Crippen molar-refractivity contribution in [2.45, 2.75) is 51.2 Å². The normalized spacial score (nSPS) is 20.4. The van der Waals surface area contributed by atoms with Crippen molar-refractivity contribution < 1.29 is 19.2 Å².